The van der Waals surface area contributed by atoms with Gasteiger partial charge in [-0.3, -0.25) is 9.59 Å². The van der Waals surface area contributed by atoms with E-state index >= 15 is 0 Å². The third-order valence-electron chi connectivity index (χ3n) is 5.19. The molecule has 0 saturated heterocycles. The molecule has 0 aliphatic carbocycles. The number of halogens is 3. The van der Waals surface area contributed by atoms with Gasteiger partial charge in [0.05, 0.1) is 0 Å². The fourth-order valence-electron chi connectivity index (χ4n) is 3.46. The average Bonchev–Trinajstić information content (AvgIpc) is 2.83. The Hall–Kier alpha value is -2.54. The lowest BCUT2D eigenvalue weighted by molar-refractivity contribution is -0.142. The number of amides is 2. The molecule has 0 aromatic heterocycles. The summed E-state index contributed by atoms with van der Waals surface area (Å²) in [5.41, 5.74) is 1.50. The summed E-state index contributed by atoms with van der Waals surface area (Å²) < 4.78 is 6.64. The monoisotopic (exact) mass is 562 g/mol. The molecule has 3 rings (SSSR count). The van der Waals surface area contributed by atoms with E-state index in [2.05, 4.69) is 21.2 Å². The molecule has 2 amide bonds. The zero-order valence-corrected chi connectivity index (χ0v) is 21.7. The molecule has 0 saturated carbocycles. The van der Waals surface area contributed by atoms with Crippen LogP contribution in [0.1, 0.15) is 18.1 Å². The molecule has 1 N–H and O–H groups in total. The lowest BCUT2D eigenvalue weighted by Crippen LogP contribution is -2.51. The zero-order chi connectivity index (χ0) is 24.5. The van der Waals surface area contributed by atoms with E-state index in [1.807, 2.05) is 49.4 Å². The van der Waals surface area contributed by atoms with E-state index < -0.39 is 6.04 Å². The molecule has 0 aliphatic rings. The molecule has 34 heavy (non-hydrogen) atoms. The van der Waals surface area contributed by atoms with Crippen LogP contribution in [-0.4, -0.2) is 35.9 Å². The number of rotatable bonds is 10. The van der Waals surface area contributed by atoms with Crippen molar-refractivity contribution in [3.8, 4) is 5.75 Å². The molecule has 1 unspecified atom stereocenters. The molecule has 3 aromatic rings. The number of hydrogen-bond acceptors (Lipinski definition) is 3. The minimum atomic E-state index is -0.782. The first-order valence-electron chi connectivity index (χ1n) is 10.8. The Morgan fingerprint density at radius 2 is 1.62 bits per heavy atom. The topological polar surface area (TPSA) is 58.6 Å². The SMILES string of the molecule is CCNC(=O)C(Cc1ccccc1)N(Cc1c(Cl)cccc1Cl)C(=O)COc1ccc(Br)cc1. The van der Waals surface area contributed by atoms with E-state index in [1.165, 1.54) is 4.90 Å². The number of likely N-dealkylation sites (N-methyl/N-ethyl adjacent to an activating group) is 1. The third kappa shape index (κ3) is 7.23. The molecular formula is C26H25BrCl2N2O3. The highest BCUT2D eigenvalue weighted by atomic mass is 79.9. The molecule has 3 aromatic carbocycles. The van der Waals surface area contributed by atoms with Gasteiger partial charge >= 0.3 is 0 Å². The van der Waals surface area contributed by atoms with E-state index in [-0.39, 0.29) is 25.0 Å². The summed E-state index contributed by atoms with van der Waals surface area (Å²) in [6.07, 6.45) is 0.332. The minimum Gasteiger partial charge on any atom is -0.484 e. The highest BCUT2D eigenvalue weighted by molar-refractivity contribution is 9.10. The van der Waals surface area contributed by atoms with Gasteiger partial charge in [-0.1, -0.05) is 75.5 Å². The lowest BCUT2D eigenvalue weighted by atomic mass is 10.0. The van der Waals surface area contributed by atoms with Gasteiger partial charge in [0.1, 0.15) is 11.8 Å². The van der Waals surface area contributed by atoms with Crippen LogP contribution >= 0.6 is 39.1 Å². The Bertz CT molecular complexity index is 1090. The Morgan fingerprint density at radius 1 is 0.971 bits per heavy atom. The summed E-state index contributed by atoms with van der Waals surface area (Å²) in [6.45, 7) is 2.10. The first-order chi connectivity index (χ1) is 16.4. The van der Waals surface area contributed by atoms with Crippen molar-refractivity contribution in [3.63, 3.8) is 0 Å². The number of nitrogens with zero attached hydrogens (tertiary/aromatic N) is 1. The number of carbonyl (C=O) groups is 2. The van der Waals surface area contributed by atoms with Crippen molar-refractivity contribution in [3.05, 3.63) is 98.4 Å². The Kier molecular flexibility index (Phi) is 9.81. The molecule has 0 fully saturated rings. The molecule has 8 heteroatoms. The fraction of sp³-hybridized carbons (Fsp3) is 0.231. The second kappa shape index (κ2) is 12.8. The van der Waals surface area contributed by atoms with Gasteiger partial charge in [-0.15, -0.1) is 0 Å². The predicted molar refractivity (Wildman–Crippen MR) is 139 cm³/mol. The van der Waals surface area contributed by atoms with Crippen LogP contribution in [-0.2, 0) is 22.6 Å². The molecule has 0 spiro atoms. The van der Waals surface area contributed by atoms with Crippen molar-refractivity contribution in [2.24, 2.45) is 0 Å². The summed E-state index contributed by atoms with van der Waals surface area (Å²) in [5.74, 6) is -0.0671. The van der Waals surface area contributed by atoms with Crippen LogP contribution in [0.25, 0.3) is 0 Å². The Balaban J connectivity index is 1.93. The van der Waals surface area contributed by atoms with E-state index in [4.69, 9.17) is 27.9 Å². The minimum absolute atomic E-state index is 0.0652. The highest BCUT2D eigenvalue weighted by Crippen LogP contribution is 2.27. The molecule has 0 radical (unpaired) electrons. The van der Waals surface area contributed by atoms with Crippen molar-refractivity contribution in [2.45, 2.75) is 25.9 Å². The largest absolute Gasteiger partial charge is 0.484 e. The van der Waals surface area contributed by atoms with Crippen molar-refractivity contribution in [2.75, 3.05) is 13.2 Å². The van der Waals surface area contributed by atoms with Crippen molar-refractivity contribution >= 4 is 50.9 Å². The summed E-state index contributed by atoms with van der Waals surface area (Å²) in [6, 6.07) is 21.1. The van der Waals surface area contributed by atoms with Crippen LogP contribution in [0.3, 0.4) is 0 Å². The van der Waals surface area contributed by atoms with Crippen molar-refractivity contribution in [1.82, 2.24) is 10.2 Å². The maximum atomic E-state index is 13.5. The van der Waals surface area contributed by atoms with Gasteiger partial charge in [0.15, 0.2) is 6.61 Å². The Morgan fingerprint density at radius 3 is 2.24 bits per heavy atom. The van der Waals surface area contributed by atoms with Gasteiger partial charge < -0.3 is 15.0 Å². The van der Waals surface area contributed by atoms with Gasteiger partial charge in [-0.05, 0) is 48.9 Å². The van der Waals surface area contributed by atoms with Crippen molar-refractivity contribution < 1.29 is 14.3 Å². The van der Waals surface area contributed by atoms with Gasteiger partial charge in [0.25, 0.3) is 5.91 Å². The van der Waals surface area contributed by atoms with Crippen LogP contribution < -0.4 is 10.1 Å². The Labute approximate surface area is 218 Å². The standard InChI is InChI=1S/C26H25BrCl2N2O3/c1-2-30-26(33)24(15-18-7-4-3-5-8-18)31(16-21-22(28)9-6-10-23(21)29)25(32)17-34-20-13-11-19(27)12-14-20/h3-14,24H,2,15-17H2,1H3,(H,30,33). The fourth-order valence-corrected chi connectivity index (χ4v) is 4.24. The molecule has 0 aliphatic heterocycles. The van der Waals surface area contributed by atoms with Gasteiger partial charge in [-0.2, -0.15) is 0 Å². The lowest BCUT2D eigenvalue weighted by Gasteiger charge is -2.32. The normalized spacial score (nSPS) is 11.5. The zero-order valence-electron chi connectivity index (χ0n) is 18.6. The third-order valence-corrected chi connectivity index (χ3v) is 6.43. The van der Waals surface area contributed by atoms with Gasteiger partial charge in [0.2, 0.25) is 5.91 Å². The first-order valence-corrected chi connectivity index (χ1v) is 12.4. The summed E-state index contributed by atoms with van der Waals surface area (Å²) >= 11 is 16.2. The molecule has 1 atom stereocenters. The van der Waals surface area contributed by atoms with Crippen LogP contribution in [0, 0.1) is 0 Å². The van der Waals surface area contributed by atoms with Crippen LogP contribution in [0.4, 0.5) is 0 Å². The average molecular weight is 564 g/mol. The quantitative estimate of drug-likeness (QED) is 0.333. The van der Waals surface area contributed by atoms with E-state index in [0.29, 0.717) is 34.3 Å². The number of ether oxygens (including phenoxy) is 1. The first kappa shape index (κ1) is 26.1. The molecule has 5 nitrogen and oxygen atoms in total. The van der Waals surface area contributed by atoms with E-state index in [1.54, 1.807) is 30.3 Å². The number of hydrogen-bond donors (Lipinski definition) is 1. The second-order valence-corrected chi connectivity index (χ2v) is 9.29. The van der Waals surface area contributed by atoms with Crippen LogP contribution in [0.2, 0.25) is 10.0 Å². The molecular weight excluding hydrogens is 539 g/mol. The predicted octanol–water partition coefficient (Wildman–Crippen LogP) is 5.91. The number of nitrogens with one attached hydrogen (secondary N) is 1. The maximum Gasteiger partial charge on any atom is 0.261 e. The summed E-state index contributed by atoms with van der Waals surface area (Å²) in [5, 5.41) is 3.70. The number of carbonyl (C=O) groups excluding carboxylic acids is 2. The van der Waals surface area contributed by atoms with E-state index in [9.17, 15) is 9.59 Å². The molecule has 0 heterocycles. The van der Waals surface area contributed by atoms with Crippen LogP contribution in [0.15, 0.2) is 77.3 Å². The van der Waals surface area contributed by atoms with Gasteiger partial charge in [-0.25, -0.2) is 0 Å². The van der Waals surface area contributed by atoms with Gasteiger partial charge in [0, 0.05) is 39.6 Å². The van der Waals surface area contributed by atoms with E-state index in [0.717, 1.165) is 10.0 Å². The smallest absolute Gasteiger partial charge is 0.261 e. The molecule has 178 valence electrons. The van der Waals surface area contributed by atoms with Crippen molar-refractivity contribution in [1.29, 1.82) is 0 Å². The van der Waals surface area contributed by atoms with Crippen LogP contribution in [0.5, 0.6) is 5.75 Å². The molecule has 0 bridgehead atoms. The second-order valence-electron chi connectivity index (χ2n) is 7.56. The number of benzene rings is 3. The summed E-state index contributed by atoms with van der Waals surface area (Å²) in [7, 11) is 0. The maximum absolute atomic E-state index is 13.5. The summed E-state index contributed by atoms with van der Waals surface area (Å²) in [4.78, 5) is 28.1. The highest BCUT2D eigenvalue weighted by Gasteiger charge is 2.31.